The maximum absolute atomic E-state index is 13.4. The van der Waals surface area contributed by atoms with Crippen LogP contribution in [0.5, 0.6) is 11.5 Å². The lowest BCUT2D eigenvalue weighted by Crippen LogP contribution is -2.51. The van der Waals surface area contributed by atoms with Crippen LogP contribution in [0.3, 0.4) is 0 Å². The second-order valence-electron chi connectivity index (χ2n) is 9.25. The van der Waals surface area contributed by atoms with Crippen molar-refractivity contribution in [1.29, 1.82) is 0 Å². The molecule has 0 radical (unpaired) electrons. The number of hydrogen-bond acceptors (Lipinski definition) is 10. The Bertz CT molecular complexity index is 1160. The molecule has 3 aliphatic rings. The Balaban J connectivity index is 1.47. The number of hydrogen-bond donors (Lipinski definition) is 3. The molecule has 1 aliphatic carbocycles. The van der Waals surface area contributed by atoms with E-state index < -0.39 is 47.1 Å². The van der Waals surface area contributed by atoms with Gasteiger partial charge in [0.25, 0.3) is 5.91 Å². The summed E-state index contributed by atoms with van der Waals surface area (Å²) in [5.74, 6) is -3.27. The van der Waals surface area contributed by atoms with Crippen molar-refractivity contribution in [2.45, 2.75) is 57.5 Å². The van der Waals surface area contributed by atoms with Crippen LogP contribution in [0.4, 0.5) is 0 Å². The number of aliphatic hydroxyl groups is 1. The molecule has 1 aromatic rings. The maximum atomic E-state index is 13.4. The lowest BCUT2D eigenvalue weighted by Gasteiger charge is -2.34. The van der Waals surface area contributed by atoms with Crippen molar-refractivity contribution in [1.82, 2.24) is 10.9 Å². The predicted octanol–water partition coefficient (Wildman–Crippen LogP) is 2.45. The smallest absolute Gasteiger partial charge is 0.263 e. The molecule has 4 rings (SSSR count). The van der Waals surface area contributed by atoms with Crippen LogP contribution in [0.1, 0.15) is 60.2 Å². The molecule has 1 saturated heterocycles. The number of aliphatic hydroxyl groups excluding tert-OH is 1. The molecule has 37 heavy (non-hydrogen) atoms. The molecule has 1 amide bonds. The average molecular weight is 537 g/mol. The third-order valence-electron chi connectivity index (χ3n) is 6.74. The number of carbonyl (C=O) groups is 4. The van der Waals surface area contributed by atoms with Crippen LogP contribution >= 0.6 is 11.6 Å². The number of ketones is 3. The number of amides is 1. The van der Waals surface area contributed by atoms with Crippen LogP contribution in [0.25, 0.3) is 0 Å². The largest absolute Gasteiger partial charge is 0.507 e. The van der Waals surface area contributed by atoms with E-state index in [1.807, 2.05) is 0 Å². The summed E-state index contributed by atoms with van der Waals surface area (Å²) in [6, 6.07) is 1.30. The molecule has 1 spiro atoms. The summed E-state index contributed by atoms with van der Waals surface area (Å²) in [4.78, 5) is 50.6. The van der Waals surface area contributed by atoms with E-state index >= 15 is 0 Å². The molecule has 12 heteroatoms. The van der Waals surface area contributed by atoms with Gasteiger partial charge in [0.1, 0.15) is 23.2 Å². The van der Waals surface area contributed by atoms with Gasteiger partial charge in [-0.05, 0) is 32.3 Å². The summed E-state index contributed by atoms with van der Waals surface area (Å²) in [6.45, 7) is 3.43. The summed E-state index contributed by atoms with van der Waals surface area (Å²) in [6.07, 6.45) is 2.31. The lowest BCUT2D eigenvalue weighted by molar-refractivity contribution is -0.189. The molecule has 3 N–H and O–H groups in total. The number of ether oxygens (including phenoxy) is 4. The number of fused-ring (bicyclic) bond motifs is 1. The van der Waals surface area contributed by atoms with E-state index in [4.69, 9.17) is 30.5 Å². The van der Waals surface area contributed by atoms with E-state index in [-0.39, 0.29) is 46.4 Å². The van der Waals surface area contributed by atoms with Gasteiger partial charge in [-0.1, -0.05) is 18.5 Å². The van der Waals surface area contributed by atoms with E-state index in [0.717, 1.165) is 18.9 Å². The highest BCUT2D eigenvalue weighted by atomic mass is 35.5. The van der Waals surface area contributed by atoms with Gasteiger partial charge in [-0.25, -0.2) is 5.43 Å². The van der Waals surface area contributed by atoms with Gasteiger partial charge in [0, 0.05) is 30.6 Å². The molecule has 0 aromatic heterocycles. The van der Waals surface area contributed by atoms with E-state index in [9.17, 15) is 24.3 Å². The van der Waals surface area contributed by atoms with Crippen molar-refractivity contribution in [2.75, 3.05) is 20.3 Å². The first-order chi connectivity index (χ1) is 17.6. The van der Waals surface area contributed by atoms with Gasteiger partial charge in [0.15, 0.2) is 23.6 Å². The van der Waals surface area contributed by atoms with E-state index in [1.165, 1.54) is 13.2 Å². The average Bonchev–Trinajstić information content (AvgIpc) is 3.18. The molecule has 0 saturated carbocycles. The fourth-order valence-electron chi connectivity index (χ4n) is 4.70. The van der Waals surface area contributed by atoms with Crippen LogP contribution in [0, 0.1) is 5.92 Å². The molecule has 4 atom stereocenters. The van der Waals surface area contributed by atoms with Gasteiger partial charge in [-0.15, -0.1) is 0 Å². The minimum absolute atomic E-state index is 0.0197. The first kappa shape index (κ1) is 27.1. The normalized spacial score (nSPS) is 25.8. The van der Waals surface area contributed by atoms with Crippen LogP contribution in [0.15, 0.2) is 17.9 Å². The zero-order valence-corrected chi connectivity index (χ0v) is 21.5. The quantitative estimate of drug-likeness (QED) is 0.334. The highest BCUT2D eigenvalue weighted by Gasteiger charge is 2.59. The molecular weight excluding hydrogens is 508 g/mol. The number of halogens is 1. The van der Waals surface area contributed by atoms with Crippen molar-refractivity contribution < 1.29 is 43.2 Å². The first-order valence-corrected chi connectivity index (χ1v) is 12.4. The second kappa shape index (κ2) is 10.8. The van der Waals surface area contributed by atoms with Crippen molar-refractivity contribution in [3.63, 3.8) is 0 Å². The number of benzene rings is 1. The fraction of sp³-hybridized carbons (Fsp3) is 0.520. The predicted molar refractivity (Wildman–Crippen MR) is 130 cm³/mol. The third-order valence-corrected chi connectivity index (χ3v) is 7.11. The van der Waals surface area contributed by atoms with Crippen molar-refractivity contribution in [3.8, 4) is 11.5 Å². The maximum Gasteiger partial charge on any atom is 0.263 e. The Hall–Kier alpha value is -2.99. The van der Waals surface area contributed by atoms with Gasteiger partial charge in [-0.3, -0.25) is 24.6 Å². The molecule has 1 fully saturated rings. The van der Waals surface area contributed by atoms with Gasteiger partial charge in [0.05, 0.1) is 18.7 Å². The van der Waals surface area contributed by atoms with Crippen molar-refractivity contribution in [2.24, 2.45) is 5.92 Å². The summed E-state index contributed by atoms with van der Waals surface area (Å²) >= 11 is 6.50. The van der Waals surface area contributed by atoms with Crippen LogP contribution in [-0.2, 0) is 19.1 Å². The first-order valence-electron chi connectivity index (χ1n) is 12.0. The molecule has 1 unspecified atom stereocenters. The Kier molecular flexibility index (Phi) is 7.88. The summed E-state index contributed by atoms with van der Waals surface area (Å²) in [7, 11) is 1.31. The second-order valence-corrected chi connectivity index (χ2v) is 9.63. The van der Waals surface area contributed by atoms with Crippen LogP contribution in [-0.4, -0.2) is 66.6 Å². The van der Waals surface area contributed by atoms with Gasteiger partial charge in [-0.2, -0.15) is 0 Å². The number of nitrogens with one attached hydrogen (secondary N) is 2. The van der Waals surface area contributed by atoms with E-state index in [2.05, 4.69) is 10.9 Å². The highest BCUT2D eigenvalue weighted by Crippen LogP contribution is 2.52. The Morgan fingerprint density at radius 2 is 2.08 bits per heavy atom. The summed E-state index contributed by atoms with van der Waals surface area (Å²) in [5, 5.41) is 10.4. The molecule has 200 valence electrons. The molecule has 2 heterocycles. The third kappa shape index (κ3) is 4.96. The number of carbonyl (C=O) groups excluding carboxylic acids is 4. The van der Waals surface area contributed by atoms with Crippen molar-refractivity contribution in [3.05, 3.63) is 34.1 Å². The van der Waals surface area contributed by atoms with E-state index in [1.54, 1.807) is 13.8 Å². The van der Waals surface area contributed by atoms with Crippen LogP contribution in [0.2, 0.25) is 5.02 Å². The number of hydrazine groups is 1. The van der Waals surface area contributed by atoms with Gasteiger partial charge >= 0.3 is 0 Å². The standard InChI is InChI=1S/C25H29ClN2O9/c1-12-8-14(29)9-18(31)25(12)23(32)20-17(34-3)10-15(21(26)22(20)37-25)16(30)11-27-28-24(33)13(2)36-19-6-4-5-7-35-19/h9-10,12-13,19,27,31H,4-8,11H2,1-3H3,(H,28,33)/t12-,13+,19?,25+/m1/s1. The molecule has 1 aromatic carbocycles. The fourth-order valence-corrected chi connectivity index (χ4v) is 5.00. The molecule has 11 nitrogen and oxygen atoms in total. The van der Waals surface area contributed by atoms with Gasteiger partial charge in [0.2, 0.25) is 11.4 Å². The number of Topliss-reactive ketones (excluding diaryl/α,β-unsaturated/α-hetero) is 2. The SMILES string of the molecule is COc1cc(C(=O)CNNC(=O)[C@H](C)OC2CCCCO2)c(Cl)c2c1C(=O)[C@@]1(O2)C(O)=CC(=O)C[C@H]1C. The van der Waals surface area contributed by atoms with Gasteiger partial charge < -0.3 is 24.1 Å². The summed E-state index contributed by atoms with van der Waals surface area (Å²) in [5.41, 5.74) is 3.09. The minimum Gasteiger partial charge on any atom is -0.507 e. The Morgan fingerprint density at radius 3 is 2.73 bits per heavy atom. The molecule has 0 bridgehead atoms. The lowest BCUT2D eigenvalue weighted by atomic mass is 9.75. The van der Waals surface area contributed by atoms with Crippen LogP contribution < -0.4 is 20.3 Å². The minimum atomic E-state index is -1.83. The number of rotatable bonds is 8. The Labute approximate surface area is 218 Å². The topological polar surface area (TPSA) is 149 Å². The zero-order valence-electron chi connectivity index (χ0n) is 20.7. The number of methoxy groups -OCH3 is 1. The van der Waals surface area contributed by atoms with Crippen molar-refractivity contribution >= 4 is 34.9 Å². The monoisotopic (exact) mass is 536 g/mol. The highest BCUT2D eigenvalue weighted by molar-refractivity contribution is 6.37. The zero-order chi connectivity index (χ0) is 26.9. The molecule has 2 aliphatic heterocycles. The summed E-state index contributed by atoms with van der Waals surface area (Å²) < 4.78 is 22.3. The molecular formula is C25H29ClN2O9. The Morgan fingerprint density at radius 1 is 1.32 bits per heavy atom. The number of allylic oxidation sites excluding steroid dienone is 1. The van der Waals surface area contributed by atoms with E-state index in [0.29, 0.717) is 13.0 Å².